The number of aromatic nitrogens is 2. The molecular weight excluding hydrogens is 405 g/mol. The smallest absolute Gasteiger partial charge is 0.0702 e. The molecule has 2 aromatic rings. The fourth-order valence-corrected chi connectivity index (χ4v) is 2.38. The largest absolute Gasteiger partial charge is 0.310 e. The van der Waals surface area contributed by atoms with Crippen molar-refractivity contribution in [3.8, 4) is 5.69 Å². The van der Waals surface area contributed by atoms with Crippen molar-refractivity contribution in [1.82, 2.24) is 15.1 Å². The summed E-state index contributed by atoms with van der Waals surface area (Å²) in [4.78, 5) is 0. The lowest BCUT2D eigenvalue weighted by molar-refractivity contribution is 0.586. The van der Waals surface area contributed by atoms with Crippen molar-refractivity contribution in [3.63, 3.8) is 0 Å². The summed E-state index contributed by atoms with van der Waals surface area (Å²) in [7, 11) is 0. The Balaban J connectivity index is 2.34. The molecule has 0 atom stereocenters. The maximum atomic E-state index is 4.38. The molecule has 0 fully saturated rings. The highest BCUT2D eigenvalue weighted by Gasteiger charge is 2.07. The molecule has 1 aromatic heterocycles. The fraction of sp³-hybridized carbons (Fsp3) is 0.308. The summed E-state index contributed by atoms with van der Waals surface area (Å²) in [6.45, 7) is 5.14. The predicted molar refractivity (Wildman–Crippen MR) is 86.0 cm³/mol. The molecule has 1 aromatic carbocycles. The molecule has 0 bridgehead atoms. The third kappa shape index (κ3) is 3.55. The van der Waals surface area contributed by atoms with Crippen molar-refractivity contribution in [2.45, 2.75) is 26.4 Å². The number of hydrogen-bond donors (Lipinski definition) is 1. The van der Waals surface area contributed by atoms with Gasteiger partial charge in [0.25, 0.3) is 0 Å². The zero-order valence-corrected chi connectivity index (χ0v) is 14.1. The van der Waals surface area contributed by atoms with E-state index in [0.29, 0.717) is 6.04 Å². The van der Waals surface area contributed by atoms with E-state index in [1.54, 1.807) is 0 Å². The molecule has 0 saturated heterocycles. The molecule has 0 spiro atoms. The first-order valence-electron chi connectivity index (χ1n) is 5.78. The summed E-state index contributed by atoms with van der Waals surface area (Å²) in [5.74, 6) is 0. The van der Waals surface area contributed by atoms with Crippen LogP contribution in [0.1, 0.15) is 19.4 Å². The maximum absolute atomic E-state index is 4.38. The number of benzene rings is 1. The molecule has 3 nitrogen and oxygen atoms in total. The minimum absolute atomic E-state index is 0.472. The fourth-order valence-electron chi connectivity index (χ4n) is 1.65. The minimum Gasteiger partial charge on any atom is -0.310 e. The highest BCUT2D eigenvalue weighted by Crippen LogP contribution is 2.21. The van der Waals surface area contributed by atoms with Crippen LogP contribution in [0.3, 0.4) is 0 Å². The molecule has 0 aliphatic heterocycles. The number of nitrogens with one attached hydrogen (secondary N) is 1. The van der Waals surface area contributed by atoms with Crippen molar-refractivity contribution in [2.24, 2.45) is 0 Å². The number of nitrogens with zero attached hydrogens (tertiary/aromatic N) is 2. The van der Waals surface area contributed by atoms with Gasteiger partial charge in [-0.3, -0.25) is 0 Å². The molecular formula is C13H15BrIN3. The van der Waals surface area contributed by atoms with E-state index < -0.39 is 0 Å². The molecule has 0 saturated carbocycles. The molecule has 0 unspecified atom stereocenters. The molecule has 1 N–H and O–H groups in total. The summed E-state index contributed by atoms with van der Waals surface area (Å²) in [5.41, 5.74) is 2.35. The van der Waals surface area contributed by atoms with Crippen molar-refractivity contribution >= 4 is 38.5 Å². The van der Waals surface area contributed by atoms with Gasteiger partial charge in [0, 0.05) is 23.3 Å². The van der Waals surface area contributed by atoms with Crippen LogP contribution in [0.25, 0.3) is 5.69 Å². The number of rotatable bonds is 4. The maximum Gasteiger partial charge on any atom is 0.0702 e. The lowest BCUT2D eigenvalue weighted by atomic mass is 10.1. The minimum atomic E-state index is 0.472. The second kappa shape index (κ2) is 6.16. The molecule has 2 rings (SSSR count). The van der Waals surface area contributed by atoms with Crippen LogP contribution in [0.5, 0.6) is 0 Å². The molecule has 1 heterocycles. The van der Waals surface area contributed by atoms with Gasteiger partial charge in [0.1, 0.15) is 0 Å². The van der Waals surface area contributed by atoms with E-state index in [0.717, 1.165) is 20.3 Å². The van der Waals surface area contributed by atoms with Gasteiger partial charge in [-0.25, -0.2) is 4.68 Å². The van der Waals surface area contributed by atoms with Crippen LogP contribution in [-0.2, 0) is 6.54 Å². The SMILES string of the molecule is CC(C)NCc1ccc(Br)cc1-n1cc(I)cn1. The lowest BCUT2D eigenvalue weighted by Gasteiger charge is -2.13. The summed E-state index contributed by atoms with van der Waals surface area (Å²) in [6.07, 6.45) is 3.89. The van der Waals surface area contributed by atoms with E-state index in [4.69, 9.17) is 0 Å². The van der Waals surface area contributed by atoms with E-state index in [9.17, 15) is 0 Å². The van der Waals surface area contributed by atoms with Gasteiger partial charge in [-0.05, 0) is 40.3 Å². The Morgan fingerprint density at radius 3 is 2.83 bits per heavy atom. The van der Waals surface area contributed by atoms with E-state index in [1.165, 1.54) is 5.56 Å². The van der Waals surface area contributed by atoms with E-state index in [-0.39, 0.29) is 0 Å². The summed E-state index contributed by atoms with van der Waals surface area (Å²) in [5, 5.41) is 7.82. The second-order valence-electron chi connectivity index (χ2n) is 4.41. The van der Waals surface area contributed by atoms with Crippen molar-refractivity contribution in [2.75, 3.05) is 0 Å². The van der Waals surface area contributed by atoms with E-state index in [1.807, 2.05) is 17.1 Å². The number of halogens is 2. The van der Waals surface area contributed by atoms with Gasteiger partial charge in [0.05, 0.1) is 15.5 Å². The van der Waals surface area contributed by atoms with Crippen LogP contribution in [0.4, 0.5) is 0 Å². The monoisotopic (exact) mass is 419 g/mol. The van der Waals surface area contributed by atoms with Gasteiger partial charge in [0.15, 0.2) is 0 Å². The molecule has 0 aliphatic rings. The van der Waals surface area contributed by atoms with E-state index >= 15 is 0 Å². The summed E-state index contributed by atoms with van der Waals surface area (Å²) >= 11 is 5.79. The summed E-state index contributed by atoms with van der Waals surface area (Å²) < 4.78 is 4.12. The number of hydrogen-bond acceptors (Lipinski definition) is 2. The quantitative estimate of drug-likeness (QED) is 0.765. The van der Waals surface area contributed by atoms with Gasteiger partial charge in [-0.1, -0.05) is 35.8 Å². The van der Waals surface area contributed by atoms with Gasteiger partial charge in [0.2, 0.25) is 0 Å². The highest BCUT2D eigenvalue weighted by atomic mass is 127. The third-order valence-corrected chi connectivity index (χ3v) is 3.60. The van der Waals surface area contributed by atoms with Crippen LogP contribution in [0, 0.1) is 3.57 Å². The topological polar surface area (TPSA) is 29.9 Å². The second-order valence-corrected chi connectivity index (χ2v) is 6.57. The van der Waals surface area contributed by atoms with Crippen LogP contribution in [-0.4, -0.2) is 15.8 Å². The third-order valence-electron chi connectivity index (χ3n) is 2.55. The lowest BCUT2D eigenvalue weighted by Crippen LogP contribution is -2.22. The molecule has 5 heteroatoms. The average Bonchev–Trinajstić information content (AvgIpc) is 2.74. The molecule has 96 valence electrons. The van der Waals surface area contributed by atoms with Crippen LogP contribution < -0.4 is 5.32 Å². The Morgan fingerprint density at radius 1 is 1.44 bits per heavy atom. The predicted octanol–water partition coefficient (Wildman–Crippen LogP) is 3.74. The van der Waals surface area contributed by atoms with Gasteiger partial charge in [-0.15, -0.1) is 0 Å². The van der Waals surface area contributed by atoms with Crippen molar-refractivity contribution in [3.05, 3.63) is 44.2 Å². The zero-order chi connectivity index (χ0) is 13.1. The summed E-state index contributed by atoms with van der Waals surface area (Å²) in [6, 6.07) is 6.76. The first-order valence-corrected chi connectivity index (χ1v) is 7.66. The molecule has 18 heavy (non-hydrogen) atoms. The molecule has 0 radical (unpaired) electrons. The molecule has 0 aliphatic carbocycles. The normalized spacial score (nSPS) is 11.2. The Bertz CT molecular complexity index is 537. The molecule has 0 amide bonds. The van der Waals surface area contributed by atoms with Gasteiger partial charge < -0.3 is 5.32 Å². The Hall–Kier alpha value is -0.400. The highest BCUT2D eigenvalue weighted by molar-refractivity contribution is 14.1. The van der Waals surface area contributed by atoms with Crippen molar-refractivity contribution in [1.29, 1.82) is 0 Å². The van der Waals surface area contributed by atoms with Crippen molar-refractivity contribution < 1.29 is 0 Å². The van der Waals surface area contributed by atoms with Gasteiger partial charge >= 0.3 is 0 Å². The standard InChI is InChI=1S/C13H15BrIN3/c1-9(2)16-6-10-3-4-11(14)5-13(10)18-8-12(15)7-17-18/h3-5,7-9,16H,6H2,1-2H3. The van der Waals surface area contributed by atoms with Crippen LogP contribution in [0.15, 0.2) is 35.1 Å². The Kier molecular flexibility index (Phi) is 4.80. The zero-order valence-electron chi connectivity index (χ0n) is 10.3. The first-order chi connectivity index (χ1) is 8.56. The van der Waals surface area contributed by atoms with Gasteiger partial charge in [-0.2, -0.15) is 5.10 Å². The van der Waals surface area contributed by atoms with E-state index in [2.05, 4.69) is 81.0 Å². The van der Waals surface area contributed by atoms with Crippen LogP contribution in [0.2, 0.25) is 0 Å². The average molecular weight is 420 g/mol. The Labute approximate surface area is 129 Å². The first kappa shape index (κ1) is 14.0. The Morgan fingerprint density at radius 2 is 2.22 bits per heavy atom. The van der Waals surface area contributed by atoms with Crippen LogP contribution >= 0.6 is 38.5 Å².